The molecule has 0 aliphatic heterocycles. The number of hydrogen-bond donors (Lipinski definition) is 4. The Labute approximate surface area is 266 Å². The van der Waals surface area contributed by atoms with Gasteiger partial charge in [-0.25, -0.2) is 0 Å². The molecule has 0 saturated heterocycles. The van der Waals surface area contributed by atoms with E-state index in [0.717, 1.165) is 6.08 Å². The molecule has 14 nitrogen and oxygen atoms in total. The summed E-state index contributed by atoms with van der Waals surface area (Å²) in [6.07, 6.45) is 6.70. The predicted octanol–water partition coefficient (Wildman–Crippen LogP) is 0.204. The normalized spacial score (nSPS) is 10.8. The van der Waals surface area contributed by atoms with Gasteiger partial charge in [0.05, 0.1) is 59.5 Å². The van der Waals surface area contributed by atoms with Crippen LogP contribution in [-0.2, 0) is 47.6 Å². The zero-order valence-corrected chi connectivity index (χ0v) is 26.4. The average Bonchev–Trinajstić information content (AvgIpc) is 3.05. The van der Waals surface area contributed by atoms with Gasteiger partial charge in [-0.15, -0.1) is 0 Å². The summed E-state index contributed by atoms with van der Waals surface area (Å²) >= 11 is 0. The molecule has 0 fully saturated rings. The minimum absolute atomic E-state index is 0.0685. The van der Waals surface area contributed by atoms with Crippen LogP contribution in [0.4, 0.5) is 0 Å². The van der Waals surface area contributed by atoms with Crippen molar-refractivity contribution in [1.82, 2.24) is 21.3 Å². The Bertz CT molecular complexity index is 791. The molecule has 0 aliphatic carbocycles. The maximum absolute atomic E-state index is 12.4. The Kier molecular flexibility index (Phi) is 27.1. The van der Waals surface area contributed by atoms with Crippen LogP contribution in [0.25, 0.3) is 0 Å². The highest BCUT2D eigenvalue weighted by molar-refractivity contribution is 5.88. The van der Waals surface area contributed by atoms with Crippen molar-refractivity contribution in [3.63, 3.8) is 0 Å². The van der Waals surface area contributed by atoms with Crippen LogP contribution in [0.5, 0.6) is 0 Å². The van der Waals surface area contributed by atoms with Crippen molar-refractivity contribution in [3.8, 4) is 0 Å². The second kappa shape index (κ2) is 29.3. The molecule has 4 amide bonds. The second-order valence-corrected chi connectivity index (χ2v) is 9.51. The topological polar surface area (TPSA) is 172 Å². The Morgan fingerprint density at radius 2 is 0.733 bits per heavy atom. The minimum Gasteiger partial charge on any atom is -0.379 e. The van der Waals surface area contributed by atoms with Crippen molar-refractivity contribution in [3.05, 3.63) is 50.6 Å². The number of rotatable bonds is 32. The fourth-order valence-electron chi connectivity index (χ4n) is 3.38. The maximum Gasteiger partial charge on any atom is 0.244 e. The Balaban J connectivity index is 4.76. The molecule has 0 spiro atoms. The summed E-state index contributed by atoms with van der Waals surface area (Å²) in [7, 11) is 0. The summed E-state index contributed by atoms with van der Waals surface area (Å²) in [5, 5.41) is 10.9. The molecule has 0 aromatic heterocycles. The van der Waals surface area contributed by atoms with Gasteiger partial charge in [-0.1, -0.05) is 26.3 Å². The van der Waals surface area contributed by atoms with Crippen LogP contribution in [0, 0.1) is 0 Å². The molecule has 0 aliphatic rings. The summed E-state index contributed by atoms with van der Waals surface area (Å²) in [5.74, 6) is -1.12. The van der Waals surface area contributed by atoms with Gasteiger partial charge in [-0.3, -0.25) is 19.2 Å². The standard InChI is InChI=1S/C31H52N4O10/c1-5-27(36)32-12-9-15-40-18-21-43-24-31(35-30(39)8-4,25-44-22-19-41-16-10-13-33-28(37)6-2)26-45-23-20-42-17-11-14-34-29(38)7-3/h5-8H,1-4,9-26H2,(H,32,36)(H,33,37)(H,34,38)(H,35,39). The molecule has 45 heavy (non-hydrogen) atoms. The van der Waals surface area contributed by atoms with Crippen molar-refractivity contribution in [2.45, 2.75) is 24.8 Å². The molecule has 256 valence electrons. The maximum atomic E-state index is 12.4. The molecule has 4 N–H and O–H groups in total. The van der Waals surface area contributed by atoms with E-state index < -0.39 is 11.4 Å². The fourth-order valence-corrected chi connectivity index (χ4v) is 3.38. The van der Waals surface area contributed by atoms with Crippen molar-refractivity contribution >= 4 is 23.6 Å². The molecule has 0 rings (SSSR count). The molecule has 0 bridgehead atoms. The van der Waals surface area contributed by atoms with E-state index in [1.807, 2.05) is 0 Å². The highest BCUT2D eigenvalue weighted by atomic mass is 16.5. The largest absolute Gasteiger partial charge is 0.379 e. The third kappa shape index (κ3) is 25.6. The van der Waals surface area contributed by atoms with Crippen LogP contribution >= 0.6 is 0 Å². The van der Waals surface area contributed by atoms with E-state index in [0.29, 0.717) is 78.5 Å². The van der Waals surface area contributed by atoms with Gasteiger partial charge in [0.1, 0.15) is 5.54 Å². The lowest BCUT2D eigenvalue weighted by atomic mass is 10.0. The second-order valence-electron chi connectivity index (χ2n) is 9.51. The quantitative estimate of drug-likeness (QED) is 0.0588. The average molecular weight is 641 g/mol. The van der Waals surface area contributed by atoms with E-state index >= 15 is 0 Å². The van der Waals surface area contributed by atoms with Crippen LogP contribution in [0.2, 0.25) is 0 Å². The van der Waals surface area contributed by atoms with Gasteiger partial charge in [-0.05, 0) is 43.6 Å². The molecule has 0 unspecified atom stereocenters. The lowest BCUT2D eigenvalue weighted by molar-refractivity contribution is -0.124. The number of nitrogens with one attached hydrogen (secondary N) is 4. The van der Waals surface area contributed by atoms with E-state index in [-0.39, 0.29) is 57.4 Å². The van der Waals surface area contributed by atoms with Crippen molar-refractivity contribution < 1.29 is 47.6 Å². The Hall–Kier alpha value is -3.40. The smallest absolute Gasteiger partial charge is 0.244 e. The first kappa shape index (κ1) is 41.6. The lowest BCUT2D eigenvalue weighted by Crippen LogP contribution is -2.58. The zero-order valence-electron chi connectivity index (χ0n) is 26.4. The molecule has 0 atom stereocenters. The molecule has 0 radical (unpaired) electrons. The first-order chi connectivity index (χ1) is 21.8. The minimum atomic E-state index is -1.04. The number of amides is 4. The van der Waals surface area contributed by atoms with E-state index in [2.05, 4.69) is 47.6 Å². The van der Waals surface area contributed by atoms with Gasteiger partial charge in [0.25, 0.3) is 0 Å². The first-order valence-electron chi connectivity index (χ1n) is 14.9. The molecular formula is C31H52N4O10. The third-order valence-corrected chi connectivity index (χ3v) is 5.68. The van der Waals surface area contributed by atoms with Crippen molar-refractivity contribution in [2.24, 2.45) is 0 Å². The molecule has 0 saturated carbocycles. The molecule has 0 aromatic carbocycles. The van der Waals surface area contributed by atoms with Crippen LogP contribution in [0.15, 0.2) is 50.6 Å². The summed E-state index contributed by atoms with van der Waals surface area (Å²) < 4.78 is 34.2. The van der Waals surface area contributed by atoms with Crippen molar-refractivity contribution in [1.29, 1.82) is 0 Å². The highest BCUT2D eigenvalue weighted by Crippen LogP contribution is 2.10. The number of carbonyl (C=O) groups is 4. The third-order valence-electron chi connectivity index (χ3n) is 5.68. The fraction of sp³-hybridized carbons (Fsp3) is 0.613. The molecule has 0 aromatic rings. The molecule has 14 heteroatoms. The lowest BCUT2D eigenvalue weighted by Gasteiger charge is -2.34. The zero-order chi connectivity index (χ0) is 33.4. The van der Waals surface area contributed by atoms with Gasteiger partial charge in [0, 0.05) is 39.5 Å². The summed E-state index contributed by atoms with van der Waals surface area (Å²) in [6.45, 7) is 18.4. The van der Waals surface area contributed by atoms with Crippen LogP contribution < -0.4 is 21.3 Å². The number of carbonyl (C=O) groups excluding carboxylic acids is 4. The van der Waals surface area contributed by atoms with Gasteiger partial charge < -0.3 is 49.7 Å². The Morgan fingerprint density at radius 1 is 0.444 bits per heavy atom. The monoisotopic (exact) mass is 640 g/mol. The van der Waals surface area contributed by atoms with E-state index in [4.69, 9.17) is 28.4 Å². The summed E-state index contributed by atoms with van der Waals surface area (Å²) in [4.78, 5) is 45.9. The van der Waals surface area contributed by atoms with E-state index in [9.17, 15) is 19.2 Å². The van der Waals surface area contributed by atoms with Gasteiger partial charge in [-0.2, -0.15) is 0 Å². The highest BCUT2D eigenvalue weighted by Gasteiger charge is 2.33. The van der Waals surface area contributed by atoms with Gasteiger partial charge >= 0.3 is 0 Å². The molecule has 0 heterocycles. The number of hydrogen-bond acceptors (Lipinski definition) is 10. The first-order valence-corrected chi connectivity index (χ1v) is 14.9. The van der Waals surface area contributed by atoms with Crippen molar-refractivity contribution in [2.75, 3.05) is 98.9 Å². The van der Waals surface area contributed by atoms with Crippen LogP contribution in [0.3, 0.4) is 0 Å². The number of ether oxygens (including phenoxy) is 6. The molecular weight excluding hydrogens is 588 g/mol. The predicted molar refractivity (Wildman–Crippen MR) is 169 cm³/mol. The SMILES string of the molecule is C=CC(=O)NCCCOCCOCC(COCCOCCCNC(=O)C=C)(COCCOCCCNC(=O)C=C)NC(=O)C=C. The Morgan fingerprint density at radius 3 is 1.02 bits per heavy atom. The summed E-state index contributed by atoms with van der Waals surface area (Å²) in [5.41, 5.74) is -1.04. The van der Waals surface area contributed by atoms with Crippen LogP contribution in [0.1, 0.15) is 19.3 Å². The van der Waals surface area contributed by atoms with Gasteiger partial charge in [0.2, 0.25) is 23.6 Å². The van der Waals surface area contributed by atoms with Gasteiger partial charge in [0.15, 0.2) is 0 Å². The summed E-state index contributed by atoms with van der Waals surface area (Å²) in [6, 6.07) is 0. The van der Waals surface area contributed by atoms with E-state index in [1.165, 1.54) is 18.2 Å². The van der Waals surface area contributed by atoms with Crippen LogP contribution in [-0.4, -0.2) is 128 Å². The van der Waals surface area contributed by atoms with E-state index in [1.54, 1.807) is 0 Å².